The first kappa shape index (κ1) is 19.2. The van der Waals surface area contributed by atoms with Gasteiger partial charge in [0.15, 0.2) is 0 Å². The van der Waals surface area contributed by atoms with E-state index in [1.165, 1.54) is 0 Å². The highest BCUT2D eigenvalue weighted by Crippen LogP contribution is 2.39. The number of hydrogen-bond donors (Lipinski definition) is 0. The third kappa shape index (κ3) is 4.06. The first-order valence-corrected chi connectivity index (χ1v) is 9.94. The summed E-state index contributed by atoms with van der Waals surface area (Å²) in [6.45, 7) is 6.03. The van der Waals surface area contributed by atoms with Gasteiger partial charge in [-0.25, -0.2) is 4.39 Å². The van der Waals surface area contributed by atoms with E-state index in [0.29, 0.717) is 13.0 Å². The molecule has 0 bridgehead atoms. The molecule has 1 saturated carbocycles. The Morgan fingerprint density at radius 3 is 2.81 bits per heavy atom. The van der Waals surface area contributed by atoms with Crippen molar-refractivity contribution >= 4 is 23.2 Å². The highest BCUT2D eigenvalue weighted by Gasteiger charge is 2.36. The normalized spacial score (nSPS) is 24.7. The number of carbonyl (C=O) groups is 1. The van der Waals surface area contributed by atoms with Gasteiger partial charge in [-0.1, -0.05) is 6.08 Å². The molecule has 1 fully saturated rings. The molecule has 0 radical (unpaired) electrons. The van der Waals surface area contributed by atoms with E-state index in [1.807, 2.05) is 18.2 Å². The van der Waals surface area contributed by atoms with Crippen molar-refractivity contribution < 1.29 is 13.9 Å². The van der Waals surface area contributed by atoms with E-state index < -0.39 is 5.67 Å². The van der Waals surface area contributed by atoms with Crippen LogP contribution in [0.4, 0.5) is 10.1 Å². The van der Waals surface area contributed by atoms with Gasteiger partial charge >= 0.3 is 0 Å². The lowest BCUT2D eigenvalue weighted by molar-refractivity contribution is -0.116. The molecular weight excluding hydrogens is 353 g/mol. The summed E-state index contributed by atoms with van der Waals surface area (Å²) in [5, 5.41) is 0. The molecule has 1 atom stereocenters. The van der Waals surface area contributed by atoms with Crippen molar-refractivity contribution in [2.24, 2.45) is 5.92 Å². The number of benzene rings is 1. The van der Waals surface area contributed by atoms with Crippen LogP contribution < -0.4 is 9.64 Å². The Morgan fingerprint density at radius 1 is 1.42 bits per heavy atom. The van der Waals surface area contributed by atoms with Gasteiger partial charge in [0.1, 0.15) is 17.3 Å². The summed E-state index contributed by atoms with van der Waals surface area (Å²) in [5.41, 5.74) is 0.889. The highest BCUT2D eigenvalue weighted by molar-refractivity contribution is 6.29. The van der Waals surface area contributed by atoms with Gasteiger partial charge in [0.2, 0.25) is 5.91 Å². The summed E-state index contributed by atoms with van der Waals surface area (Å²) < 4.78 is 20.8. The number of nitrogens with zero attached hydrogens (tertiary/aromatic N) is 1. The number of amides is 1. The Kier molecular flexibility index (Phi) is 5.91. The van der Waals surface area contributed by atoms with E-state index in [1.54, 1.807) is 17.9 Å². The van der Waals surface area contributed by atoms with Crippen molar-refractivity contribution in [2.75, 3.05) is 17.3 Å². The zero-order valence-electron chi connectivity index (χ0n) is 15.3. The standard InChI is InChI=1S/C21H27ClFNO2/c1-3-11-21(2,23)16-4-6-17(7-5-16)26-18-8-9-19-15(13-18)10-12-24(19)20(25)14-22/h3,8-9,13,16-17H,1,4-7,10-12,14H2,2H3. The topological polar surface area (TPSA) is 29.5 Å². The maximum Gasteiger partial charge on any atom is 0.241 e. The van der Waals surface area contributed by atoms with Gasteiger partial charge in [-0.15, -0.1) is 18.2 Å². The van der Waals surface area contributed by atoms with Crippen LogP contribution in [0.2, 0.25) is 0 Å². The van der Waals surface area contributed by atoms with E-state index in [9.17, 15) is 9.18 Å². The Bertz CT molecular complexity index is 668. The molecule has 1 aromatic rings. The average Bonchev–Trinajstić information content (AvgIpc) is 3.04. The zero-order valence-corrected chi connectivity index (χ0v) is 16.1. The Labute approximate surface area is 160 Å². The van der Waals surface area contributed by atoms with Crippen molar-refractivity contribution in [1.29, 1.82) is 0 Å². The third-order valence-electron chi connectivity index (χ3n) is 5.73. The van der Waals surface area contributed by atoms with Crippen LogP contribution >= 0.6 is 11.6 Å². The molecule has 0 saturated heterocycles. The van der Waals surface area contributed by atoms with Crippen LogP contribution in [0.1, 0.15) is 44.6 Å². The van der Waals surface area contributed by atoms with Crippen LogP contribution in [0.5, 0.6) is 5.75 Å². The van der Waals surface area contributed by atoms with Crippen molar-refractivity contribution in [3.8, 4) is 5.75 Å². The van der Waals surface area contributed by atoms with E-state index in [-0.39, 0.29) is 23.8 Å². The van der Waals surface area contributed by atoms with Gasteiger partial charge in [-0.05, 0) is 75.1 Å². The molecule has 26 heavy (non-hydrogen) atoms. The molecule has 3 rings (SSSR count). The summed E-state index contributed by atoms with van der Waals surface area (Å²) in [5.74, 6) is 0.850. The minimum absolute atomic E-state index is 0.000275. The molecule has 1 aliphatic heterocycles. The SMILES string of the molecule is C=CCC(C)(F)C1CCC(Oc2ccc3c(c2)CCN3C(=O)CCl)CC1. The van der Waals surface area contributed by atoms with E-state index in [0.717, 1.165) is 49.1 Å². The maximum absolute atomic E-state index is 14.7. The van der Waals surface area contributed by atoms with Crippen LogP contribution in [0.25, 0.3) is 0 Å². The third-order valence-corrected chi connectivity index (χ3v) is 5.96. The lowest BCUT2D eigenvalue weighted by Gasteiger charge is -2.36. The molecule has 1 aromatic carbocycles. The monoisotopic (exact) mass is 379 g/mol. The van der Waals surface area contributed by atoms with E-state index in [4.69, 9.17) is 16.3 Å². The lowest BCUT2D eigenvalue weighted by Crippen LogP contribution is -2.35. The van der Waals surface area contributed by atoms with Crippen molar-refractivity contribution in [3.05, 3.63) is 36.4 Å². The average molecular weight is 380 g/mol. The molecular formula is C21H27ClFNO2. The molecule has 142 valence electrons. The van der Waals surface area contributed by atoms with Crippen LogP contribution in [-0.2, 0) is 11.2 Å². The van der Waals surface area contributed by atoms with Gasteiger partial charge in [-0.2, -0.15) is 0 Å². The Morgan fingerprint density at radius 2 is 2.15 bits per heavy atom. The second-order valence-electron chi connectivity index (χ2n) is 7.58. The number of anilines is 1. The highest BCUT2D eigenvalue weighted by atomic mass is 35.5. The van der Waals surface area contributed by atoms with E-state index in [2.05, 4.69) is 6.58 Å². The number of fused-ring (bicyclic) bond motifs is 1. The number of allylic oxidation sites excluding steroid dienone is 1. The summed E-state index contributed by atoms with van der Waals surface area (Å²) in [6.07, 6.45) is 6.46. The van der Waals surface area contributed by atoms with Crippen LogP contribution in [-0.4, -0.2) is 30.1 Å². The summed E-state index contributed by atoms with van der Waals surface area (Å²) >= 11 is 5.67. The van der Waals surface area contributed by atoms with Crippen molar-refractivity contribution in [3.63, 3.8) is 0 Å². The number of carbonyl (C=O) groups excluding carboxylic acids is 1. The smallest absolute Gasteiger partial charge is 0.241 e. The molecule has 1 amide bonds. The van der Waals surface area contributed by atoms with Crippen molar-refractivity contribution in [2.45, 2.75) is 57.2 Å². The number of ether oxygens (including phenoxy) is 1. The summed E-state index contributed by atoms with van der Waals surface area (Å²) in [7, 11) is 0. The quantitative estimate of drug-likeness (QED) is 0.511. The van der Waals surface area contributed by atoms with E-state index >= 15 is 0 Å². The van der Waals surface area contributed by atoms with Crippen molar-refractivity contribution in [1.82, 2.24) is 0 Å². The lowest BCUT2D eigenvalue weighted by atomic mass is 9.76. The number of rotatable bonds is 6. The van der Waals surface area contributed by atoms with Gasteiger partial charge < -0.3 is 9.64 Å². The van der Waals surface area contributed by atoms with Crippen LogP contribution in [0, 0.1) is 5.92 Å². The first-order chi connectivity index (χ1) is 12.4. The second-order valence-corrected chi connectivity index (χ2v) is 7.85. The van der Waals surface area contributed by atoms with Gasteiger partial charge in [0, 0.05) is 12.2 Å². The fourth-order valence-corrected chi connectivity index (χ4v) is 4.35. The molecule has 1 heterocycles. The Balaban J connectivity index is 1.58. The minimum Gasteiger partial charge on any atom is -0.490 e. The molecule has 0 N–H and O–H groups in total. The zero-order chi connectivity index (χ0) is 18.7. The fraction of sp³-hybridized carbons (Fsp3) is 0.571. The van der Waals surface area contributed by atoms with Gasteiger partial charge in [0.25, 0.3) is 0 Å². The molecule has 0 aromatic heterocycles. The fourth-order valence-electron chi connectivity index (χ4n) is 4.21. The van der Waals surface area contributed by atoms with Crippen LogP contribution in [0.3, 0.4) is 0 Å². The predicted octanol–water partition coefficient (Wildman–Crippen LogP) is 5.06. The van der Waals surface area contributed by atoms with Gasteiger partial charge in [-0.3, -0.25) is 4.79 Å². The minimum atomic E-state index is -1.17. The maximum atomic E-state index is 14.7. The summed E-state index contributed by atoms with van der Waals surface area (Å²) in [6, 6.07) is 5.89. The number of hydrogen-bond acceptors (Lipinski definition) is 2. The Hall–Kier alpha value is -1.55. The first-order valence-electron chi connectivity index (χ1n) is 9.40. The molecule has 0 spiro atoms. The predicted molar refractivity (Wildman–Crippen MR) is 104 cm³/mol. The molecule has 1 aliphatic carbocycles. The molecule has 2 aliphatic rings. The van der Waals surface area contributed by atoms with Gasteiger partial charge in [0.05, 0.1) is 6.10 Å². The molecule has 3 nitrogen and oxygen atoms in total. The summed E-state index contributed by atoms with van der Waals surface area (Å²) in [4.78, 5) is 13.6. The molecule has 1 unspecified atom stereocenters. The number of alkyl halides is 2. The largest absolute Gasteiger partial charge is 0.490 e. The van der Waals surface area contributed by atoms with Crippen LogP contribution in [0.15, 0.2) is 30.9 Å². The molecule has 5 heteroatoms. The second kappa shape index (κ2) is 7.99. The number of halogens is 2.